The van der Waals surface area contributed by atoms with Crippen molar-refractivity contribution in [3.05, 3.63) is 46.6 Å². The Morgan fingerprint density at radius 3 is 1.61 bits per heavy atom. The summed E-state index contributed by atoms with van der Waals surface area (Å²) in [7, 11) is 0. The number of hydrogen-bond donors (Lipinski definition) is 1. The van der Waals surface area contributed by atoms with Gasteiger partial charge in [0.25, 0.3) is 0 Å². The second kappa shape index (κ2) is 9.28. The molecule has 0 spiro atoms. The zero-order valence-electron chi connectivity index (χ0n) is 18.1. The van der Waals surface area contributed by atoms with Crippen LogP contribution >= 0.6 is 0 Å². The van der Waals surface area contributed by atoms with E-state index < -0.39 is 0 Å². The van der Waals surface area contributed by atoms with Crippen molar-refractivity contribution in [3.8, 4) is 11.5 Å². The van der Waals surface area contributed by atoms with Gasteiger partial charge in [-0.2, -0.15) is 0 Å². The molecule has 2 saturated heterocycles. The standard InChI is InChI=1S/C25H31N3O3/c29-25-21-17-19(30-15-13-27-9-1-2-10-27)5-7-23(21)26-24-8-6-20(18-22(24)25)31-16-14-28-11-3-4-12-28/h5-8,17-18H,1-4,9-16H2,(H,26,29). The van der Waals surface area contributed by atoms with Crippen molar-refractivity contribution in [1.29, 1.82) is 0 Å². The summed E-state index contributed by atoms with van der Waals surface area (Å²) < 4.78 is 11.9. The van der Waals surface area contributed by atoms with Crippen LogP contribution in [0.4, 0.5) is 0 Å². The molecule has 0 saturated carbocycles. The molecular formula is C25H31N3O3. The van der Waals surface area contributed by atoms with Gasteiger partial charge >= 0.3 is 0 Å². The molecule has 6 nitrogen and oxygen atoms in total. The van der Waals surface area contributed by atoms with Gasteiger partial charge in [0.15, 0.2) is 5.43 Å². The topological polar surface area (TPSA) is 57.8 Å². The lowest BCUT2D eigenvalue weighted by Gasteiger charge is -2.15. The third kappa shape index (κ3) is 4.70. The van der Waals surface area contributed by atoms with Gasteiger partial charge in [0.2, 0.25) is 0 Å². The van der Waals surface area contributed by atoms with Crippen LogP contribution in [-0.4, -0.2) is 67.3 Å². The van der Waals surface area contributed by atoms with E-state index in [1.165, 1.54) is 25.7 Å². The van der Waals surface area contributed by atoms with Crippen LogP contribution in [0.1, 0.15) is 25.7 Å². The molecule has 3 heterocycles. The summed E-state index contributed by atoms with van der Waals surface area (Å²) in [6, 6.07) is 11.5. The van der Waals surface area contributed by atoms with Crippen LogP contribution in [0.5, 0.6) is 11.5 Å². The van der Waals surface area contributed by atoms with Crippen LogP contribution in [0.3, 0.4) is 0 Å². The average Bonchev–Trinajstić information content (AvgIpc) is 3.49. The Kier molecular flexibility index (Phi) is 6.09. The molecule has 0 unspecified atom stereocenters. The lowest BCUT2D eigenvalue weighted by molar-refractivity contribution is 0.238. The molecule has 0 atom stereocenters. The van der Waals surface area contributed by atoms with Gasteiger partial charge in [-0.05, 0) is 88.3 Å². The first kappa shape index (κ1) is 20.3. The third-order valence-corrected chi connectivity index (χ3v) is 6.49. The van der Waals surface area contributed by atoms with E-state index in [0.29, 0.717) is 24.0 Å². The highest BCUT2D eigenvalue weighted by Crippen LogP contribution is 2.23. The highest BCUT2D eigenvalue weighted by molar-refractivity contribution is 5.93. The minimum Gasteiger partial charge on any atom is -0.492 e. The number of rotatable bonds is 8. The molecule has 1 aromatic heterocycles. The first-order valence-corrected chi connectivity index (χ1v) is 11.6. The maximum atomic E-state index is 13.2. The first-order chi connectivity index (χ1) is 15.3. The summed E-state index contributed by atoms with van der Waals surface area (Å²) in [5.41, 5.74) is 1.66. The molecule has 2 aliphatic heterocycles. The van der Waals surface area contributed by atoms with E-state index in [-0.39, 0.29) is 5.43 Å². The average molecular weight is 422 g/mol. The highest BCUT2D eigenvalue weighted by Gasteiger charge is 2.13. The number of pyridine rings is 1. The van der Waals surface area contributed by atoms with Crippen molar-refractivity contribution in [2.24, 2.45) is 0 Å². The summed E-state index contributed by atoms with van der Waals surface area (Å²) in [4.78, 5) is 21.4. The summed E-state index contributed by atoms with van der Waals surface area (Å²) in [5.74, 6) is 1.49. The Morgan fingerprint density at radius 1 is 0.710 bits per heavy atom. The number of likely N-dealkylation sites (tertiary alicyclic amines) is 2. The number of fused-ring (bicyclic) bond motifs is 2. The SMILES string of the molecule is O=c1c2cc(OCCN3CCCC3)ccc2[nH]c2ccc(OCCN3CCCC3)cc12. The van der Waals surface area contributed by atoms with Gasteiger partial charge < -0.3 is 14.5 Å². The van der Waals surface area contributed by atoms with Gasteiger partial charge in [0.1, 0.15) is 24.7 Å². The molecule has 2 aliphatic rings. The van der Waals surface area contributed by atoms with Gasteiger partial charge in [0, 0.05) is 23.9 Å². The van der Waals surface area contributed by atoms with Crippen molar-refractivity contribution >= 4 is 21.8 Å². The maximum absolute atomic E-state index is 13.2. The second-order valence-electron chi connectivity index (χ2n) is 8.66. The van der Waals surface area contributed by atoms with Gasteiger partial charge in [-0.3, -0.25) is 14.6 Å². The van der Waals surface area contributed by atoms with Crippen molar-refractivity contribution in [2.45, 2.75) is 25.7 Å². The van der Waals surface area contributed by atoms with Gasteiger partial charge in [-0.15, -0.1) is 0 Å². The fraction of sp³-hybridized carbons (Fsp3) is 0.480. The number of aromatic amines is 1. The Bertz CT molecular complexity index is 1020. The van der Waals surface area contributed by atoms with Crippen LogP contribution in [-0.2, 0) is 0 Å². The number of benzene rings is 2. The van der Waals surface area contributed by atoms with E-state index in [1.54, 1.807) is 0 Å². The van der Waals surface area contributed by atoms with E-state index in [0.717, 1.165) is 61.8 Å². The predicted octanol–water partition coefficient (Wildman–Crippen LogP) is 3.63. The number of hydrogen-bond acceptors (Lipinski definition) is 5. The zero-order valence-corrected chi connectivity index (χ0v) is 18.1. The third-order valence-electron chi connectivity index (χ3n) is 6.49. The van der Waals surface area contributed by atoms with Crippen LogP contribution in [0.15, 0.2) is 41.2 Å². The predicted molar refractivity (Wildman–Crippen MR) is 124 cm³/mol. The highest BCUT2D eigenvalue weighted by atomic mass is 16.5. The Morgan fingerprint density at radius 2 is 1.16 bits per heavy atom. The maximum Gasteiger partial charge on any atom is 0.197 e. The fourth-order valence-corrected chi connectivity index (χ4v) is 4.71. The molecule has 6 heteroatoms. The number of aromatic nitrogens is 1. The number of H-pyrrole nitrogens is 1. The van der Waals surface area contributed by atoms with Crippen molar-refractivity contribution < 1.29 is 9.47 Å². The minimum atomic E-state index is 0.0127. The fourth-order valence-electron chi connectivity index (χ4n) is 4.71. The van der Waals surface area contributed by atoms with Crippen molar-refractivity contribution in [2.75, 3.05) is 52.5 Å². The molecule has 1 N–H and O–H groups in total. The number of nitrogens with one attached hydrogen (secondary N) is 1. The Hall–Kier alpha value is -2.57. The van der Waals surface area contributed by atoms with Crippen LogP contribution < -0.4 is 14.9 Å². The summed E-state index contributed by atoms with van der Waals surface area (Å²) in [6.07, 6.45) is 5.12. The lowest BCUT2D eigenvalue weighted by atomic mass is 10.1. The molecular weight excluding hydrogens is 390 g/mol. The van der Waals surface area contributed by atoms with Crippen LogP contribution in [0.2, 0.25) is 0 Å². The monoisotopic (exact) mass is 421 g/mol. The summed E-state index contributed by atoms with van der Waals surface area (Å²) in [5, 5.41) is 1.31. The molecule has 2 fully saturated rings. The van der Waals surface area contributed by atoms with E-state index in [1.807, 2.05) is 36.4 Å². The van der Waals surface area contributed by atoms with E-state index >= 15 is 0 Å². The molecule has 0 radical (unpaired) electrons. The number of ether oxygens (including phenoxy) is 2. The molecule has 3 aromatic rings. The first-order valence-electron chi connectivity index (χ1n) is 11.6. The molecule has 0 aliphatic carbocycles. The van der Waals surface area contributed by atoms with Crippen LogP contribution in [0.25, 0.3) is 21.8 Å². The summed E-state index contributed by atoms with van der Waals surface area (Å²) in [6.45, 7) is 7.81. The molecule has 2 aromatic carbocycles. The molecule has 31 heavy (non-hydrogen) atoms. The normalized spacial score (nSPS) is 17.7. The summed E-state index contributed by atoms with van der Waals surface area (Å²) >= 11 is 0. The number of nitrogens with zero attached hydrogens (tertiary/aromatic N) is 2. The molecule has 5 rings (SSSR count). The molecule has 0 amide bonds. The minimum absolute atomic E-state index is 0.0127. The van der Waals surface area contributed by atoms with E-state index in [4.69, 9.17) is 9.47 Å². The lowest BCUT2D eigenvalue weighted by Crippen LogP contribution is -2.25. The largest absolute Gasteiger partial charge is 0.492 e. The smallest absolute Gasteiger partial charge is 0.197 e. The van der Waals surface area contributed by atoms with Gasteiger partial charge in [-0.25, -0.2) is 0 Å². The Balaban J connectivity index is 1.31. The van der Waals surface area contributed by atoms with Gasteiger partial charge in [-0.1, -0.05) is 0 Å². The van der Waals surface area contributed by atoms with Crippen LogP contribution in [0, 0.1) is 0 Å². The van der Waals surface area contributed by atoms with Gasteiger partial charge in [0.05, 0.1) is 11.0 Å². The van der Waals surface area contributed by atoms with Crippen molar-refractivity contribution in [3.63, 3.8) is 0 Å². The molecule has 0 bridgehead atoms. The zero-order chi connectivity index (χ0) is 21.0. The molecule has 164 valence electrons. The quantitative estimate of drug-likeness (QED) is 0.563. The Labute approximate surface area is 182 Å². The van der Waals surface area contributed by atoms with Crippen molar-refractivity contribution in [1.82, 2.24) is 14.8 Å². The second-order valence-corrected chi connectivity index (χ2v) is 8.66. The van der Waals surface area contributed by atoms with E-state index in [2.05, 4.69) is 14.8 Å². The van der Waals surface area contributed by atoms with E-state index in [9.17, 15) is 4.79 Å².